The second-order valence-electron chi connectivity index (χ2n) is 5.82. The van der Waals surface area contributed by atoms with Crippen LogP contribution < -0.4 is 5.32 Å². The fraction of sp³-hybridized carbons (Fsp3) is 0.100. The molecule has 0 heterocycles. The molecule has 1 atom stereocenters. The largest absolute Gasteiger partial charge is 0.506 e. The minimum Gasteiger partial charge on any atom is -0.506 e. The van der Waals surface area contributed by atoms with Gasteiger partial charge in [-0.1, -0.05) is 59.6 Å². The molecule has 0 radical (unpaired) electrons. The summed E-state index contributed by atoms with van der Waals surface area (Å²) in [5.74, 6) is -1.61. The molecule has 0 spiro atoms. The Morgan fingerprint density at radius 3 is 2.37 bits per heavy atom. The molecule has 27 heavy (non-hydrogen) atoms. The number of hydrogen-bond acceptors (Lipinski definition) is 4. The Labute approximate surface area is 165 Å². The van der Waals surface area contributed by atoms with Crippen molar-refractivity contribution in [3.05, 3.63) is 70.2 Å². The molecule has 3 aromatic carbocycles. The number of phenolic OH excluding ortho intramolecular Hbond substituents is 1. The number of carbonyl (C=O) groups is 2. The van der Waals surface area contributed by atoms with Gasteiger partial charge in [0.2, 0.25) is 0 Å². The first-order valence-electron chi connectivity index (χ1n) is 8.05. The Balaban J connectivity index is 1.76. The van der Waals surface area contributed by atoms with Crippen LogP contribution in [0.1, 0.15) is 17.3 Å². The standard InChI is InChI=1S/C20H15Cl2NO4/c1-11(19(25)23-17-15(21)7-4-8-16(17)22)27-20(26)14-10-9-12-5-2-3-6-13(12)18(14)24/h2-11,24H,1H3,(H,23,25)/t11-/m1/s1. The van der Waals surface area contributed by atoms with Crippen LogP contribution in [0.5, 0.6) is 5.75 Å². The zero-order valence-electron chi connectivity index (χ0n) is 14.2. The number of rotatable bonds is 4. The molecule has 0 saturated heterocycles. The minimum absolute atomic E-state index is 0.0240. The number of ether oxygens (including phenoxy) is 1. The van der Waals surface area contributed by atoms with E-state index in [2.05, 4.69) is 5.32 Å². The van der Waals surface area contributed by atoms with Crippen LogP contribution in [0.25, 0.3) is 10.8 Å². The highest BCUT2D eigenvalue weighted by Gasteiger charge is 2.23. The smallest absolute Gasteiger partial charge is 0.342 e. The molecular formula is C20H15Cl2NO4. The normalized spacial score (nSPS) is 11.8. The van der Waals surface area contributed by atoms with Crippen LogP contribution >= 0.6 is 23.2 Å². The van der Waals surface area contributed by atoms with Gasteiger partial charge in [0.15, 0.2) is 6.10 Å². The van der Waals surface area contributed by atoms with Crippen LogP contribution in [0.3, 0.4) is 0 Å². The number of anilines is 1. The maximum absolute atomic E-state index is 12.4. The van der Waals surface area contributed by atoms with E-state index < -0.39 is 18.0 Å². The van der Waals surface area contributed by atoms with E-state index in [9.17, 15) is 14.7 Å². The highest BCUT2D eigenvalue weighted by atomic mass is 35.5. The van der Waals surface area contributed by atoms with Crippen molar-refractivity contribution in [1.29, 1.82) is 0 Å². The summed E-state index contributed by atoms with van der Waals surface area (Å²) in [4.78, 5) is 24.7. The van der Waals surface area contributed by atoms with Crippen molar-refractivity contribution in [2.45, 2.75) is 13.0 Å². The van der Waals surface area contributed by atoms with Gasteiger partial charge in [-0.05, 0) is 30.5 Å². The zero-order chi connectivity index (χ0) is 19.6. The Morgan fingerprint density at radius 1 is 1.00 bits per heavy atom. The van der Waals surface area contributed by atoms with Crippen molar-refractivity contribution in [2.75, 3.05) is 5.32 Å². The van der Waals surface area contributed by atoms with Crippen molar-refractivity contribution in [2.24, 2.45) is 0 Å². The molecule has 3 rings (SSSR count). The average Bonchev–Trinajstić information content (AvgIpc) is 2.65. The summed E-state index contributed by atoms with van der Waals surface area (Å²) in [6.45, 7) is 1.41. The summed E-state index contributed by atoms with van der Waals surface area (Å²) in [6.07, 6.45) is -1.13. The number of hydrogen-bond donors (Lipinski definition) is 2. The lowest BCUT2D eigenvalue weighted by molar-refractivity contribution is -0.123. The van der Waals surface area contributed by atoms with E-state index in [1.54, 1.807) is 36.4 Å². The zero-order valence-corrected chi connectivity index (χ0v) is 15.7. The molecule has 3 aromatic rings. The summed E-state index contributed by atoms with van der Waals surface area (Å²) in [6, 6.07) is 15.0. The molecule has 0 aromatic heterocycles. The lowest BCUT2D eigenvalue weighted by Crippen LogP contribution is -2.30. The molecule has 0 aliphatic carbocycles. The van der Waals surface area contributed by atoms with Gasteiger partial charge in [0.25, 0.3) is 5.91 Å². The van der Waals surface area contributed by atoms with Crippen molar-refractivity contribution in [3.63, 3.8) is 0 Å². The summed E-state index contributed by atoms with van der Waals surface area (Å²) in [5, 5.41) is 14.7. The van der Waals surface area contributed by atoms with Crippen molar-refractivity contribution in [1.82, 2.24) is 0 Å². The van der Waals surface area contributed by atoms with Crippen molar-refractivity contribution < 1.29 is 19.4 Å². The summed E-state index contributed by atoms with van der Waals surface area (Å²) in [5.41, 5.74) is 0.214. The predicted molar refractivity (Wildman–Crippen MR) is 106 cm³/mol. The van der Waals surface area contributed by atoms with Gasteiger partial charge in [-0.25, -0.2) is 4.79 Å². The van der Waals surface area contributed by atoms with Gasteiger partial charge in [-0.15, -0.1) is 0 Å². The number of amides is 1. The van der Waals surface area contributed by atoms with E-state index in [4.69, 9.17) is 27.9 Å². The van der Waals surface area contributed by atoms with Crippen LogP contribution in [0, 0.1) is 0 Å². The molecule has 1 amide bonds. The molecule has 2 N–H and O–H groups in total. The lowest BCUT2D eigenvalue weighted by atomic mass is 10.1. The van der Waals surface area contributed by atoms with E-state index in [-0.39, 0.29) is 27.0 Å². The molecule has 0 unspecified atom stereocenters. The molecule has 7 heteroatoms. The van der Waals surface area contributed by atoms with Crippen LogP contribution in [-0.4, -0.2) is 23.1 Å². The van der Waals surface area contributed by atoms with Gasteiger partial charge in [0, 0.05) is 5.39 Å². The Morgan fingerprint density at radius 2 is 1.67 bits per heavy atom. The number of nitrogens with one attached hydrogen (secondary N) is 1. The maximum atomic E-state index is 12.4. The summed E-state index contributed by atoms with van der Waals surface area (Å²) < 4.78 is 5.18. The molecule has 138 valence electrons. The fourth-order valence-electron chi connectivity index (χ4n) is 2.54. The third-order valence-electron chi connectivity index (χ3n) is 3.98. The van der Waals surface area contributed by atoms with Crippen LogP contribution in [0.4, 0.5) is 5.69 Å². The number of benzene rings is 3. The van der Waals surface area contributed by atoms with Gasteiger partial charge in [0.05, 0.1) is 15.7 Å². The van der Waals surface area contributed by atoms with E-state index in [0.29, 0.717) is 5.39 Å². The molecule has 5 nitrogen and oxygen atoms in total. The topological polar surface area (TPSA) is 75.6 Å². The first-order valence-corrected chi connectivity index (χ1v) is 8.80. The third kappa shape index (κ3) is 3.99. The van der Waals surface area contributed by atoms with Crippen LogP contribution in [-0.2, 0) is 9.53 Å². The quantitative estimate of drug-likeness (QED) is 0.598. The SMILES string of the molecule is C[C@@H](OC(=O)c1ccc2ccccc2c1O)C(=O)Nc1c(Cl)cccc1Cl. The highest BCUT2D eigenvalue weighted by Crippen LogP contribution is 2.31. The number of fused-ring (bicyclic) bond motifs is 1. The predicted octanol–water partition coefficient (Wildman–Crippen LogP) is 5.04. The number of esters is 1. The van der Waals surface area contributed by atoms with Crippen molar-refractivity contribution in [3.8, 4) is 5.75 Å². The van der Waals surface area contributed by atoms with Crippen LogP contribution in [0.15, 0.2) is 54.6 Å². The Kier molecular flexibility index (Phi) is 5.54. The monoisotopic (exact) mass is 403 g/mol. The first-order chi connectivity index (χ1) is 12.9. The fourth-order valence-corrected chi connectivity index (χ4v) is 3.03. The molecule has 0 bridgehead atoms. The number of carbonyl (C=O) groups excluding carboxylic acids is 2. The highest BCUT2D eigenvalue weighted by molar-refractivity contribution is 6.39. The number of aromatic hydroxyl groups is 1. The van der Waals surface area contributed by atoms with E-state index in [0.717, 1.165) is 5.39 Å². The summed E-state index contributed by atoms with van der Waals surface area (Å²) >= 11 is 12.0. The Bertz CT molecular complexity index is 1020. The van der Waals surface area contributed by atoms with Crippen LogP contribution in [0.2, 0.25) is 10.0 Å². The minimum atomic E-state index is -1.13. The van der Waals surface area contributed by atoms with E-state index in [1.807, 2.05) is 12.1 Å². The van der Waals surface area contributed by atoms with Gasteiger partial charge < -0.3 is 15.2 Å². The second kappa shape index (κ2) is 7.86. The lowest BCUT2D eigenvalue weighted by Gasteiger charge is -2.15. The van der Waals surface area contributed by atoms with Gasteiger partial charge >= 0.3 is 5.97 Å². The second-order valence-corrected chi connectivity index (χ2v) is 6.63. The van der Waals surface area contributed by atoms with E-state index >= 15 is 0 Å². The number of phenols is 1. The van der Waals surface area contributed by atoms with Gasteiger partial charge in [-0.3, -0.25) is 4.79 Å². The molecule has 0 fully saturated rings. The average molecular weight is 404 g/mol. The van der Waals surface area contributed by atoms with Gasteiger partial charge in [-0.2, -0.15) is 0 Å². The third-order valence-corrected chi connectivity index (χ3v) is 4.61. The molecule has 0 aliphatic heterocycles. The maximum Gasteiger partial charge on any atom is 0.342 e. The first kappa shape index (κ1) is 19.0. The summed E-state index contributed by atoms with van der Waals surface area (Å²) in [7, 11) is 0. The number of halogens is 2. The number of para-hydroxylation sites is 1. The Hall–Kier alpha value is -2.76. The van der Waals surface area contributed by atoms with E-state index in [1.165, 1.54) is 13.0 Å². The molecule has 0 aliphatic rings. The van der Waals surface area contributed by atoms with Gasteiger partial charge in [0.1, 0.15) is 11.3 Å². The van der Waals surface area contributed by atoms with Crippen molar-refractivity contribution >= 4 is 51.5 Å². The molecule has 0 saturated carbocycles. The molecular weight excluding hydrogens is 389 g/mol.